The van der Waals surface area contributed by atoms with Gasteiger partial charge in [-0.25, -0.2) is 8.42 Å². The minimum absolute atomic E-state index is 0.122. The van der Waals surface area contributed by atoms with Crippen molar-refractivity contribution in [3.05, 3.63) is 58.6 Å². The molecule has 2 aromatic rings. The fourth-order valence-electron chi connectivity index (χ4n) is 3.57. The molecule has 9 heteroatoms. The van der Waals surface area contributed by atoms with Crippen molar-refractivity contribution in [3.8, 4) is 11.5 Å². The number of halogens is 1. The minimum Gasteiger partial charge on any atom is -0.454 e. The first-order valence-electron chi connectivity index (χ1n) is 9.97. The second kappa shape index (κ2) is 8.90. The molecule has 0 atom stereocenters. The Kier molecular flexibility index (Phi) is 6.22. The van der Waals surface area contributed by atoms with Gasteiger partial charge >= 0.3 is 0 Å². The van der Waals surface area contributed by atoms with Crippen molar-refractivity contribution < 1.29 is 22.7 Å². The second-order valence-corrected chi connectivity index (χ2v) is 9.81. The number of rotatable bonds is 4. The van der Waals surface area contributed by atoms with E-state index in [0.29, 0.717) is 42.6 Å². The van der Waals surface area contributed by atoms with Gasteiger partial charge in [-0.05, 0) is 49.2 Å². The van der Waals surface area contributed by atoms with Crippen LogP contribution in [0.1, 0.15) is 17.5 Å². The van der Waals surface area contributed by atoms with Gasteiger partial charge in [-0.2, -0.15) is 4.31 Å². The lowest BCUT2D eigenvalue weighted by Crippen LogP contribution is -2.36. The Hall–Kier alpha value is -2.55. The number of amides is 1. The van der Waals surface area contributed by atoms with E-state index >= 15 is 0 Å². The Balaban J connectivity index is 1.41. The van der Waals surface area contributed by atoms with Crippen molar-refractivity contribution in [2.24, 2.45) is 0 Å². The fourth-order valence-corrected chi connectivity index (χ4v) is 5.31. The predicted molar refractivity (Wildman–Crippen MR) is 118 cm³/mol. The van der Waals surface area contributed by atoms with Crippen LogP contribution in [-0.2, 0) is 14.8 Å². The molecule has 0 spiro atoms. The lowest BCUT2D eigenvalue weighted by atomic mass is 10.2. The average molecular weight is 463 g/mol. The van der Waals surface area contributed by atoms with Gasteiger partial charge in [-0.15, -0.1) is 0 Å². The number of nitrogens with zero attached hydrogens (tertiary/aromatic N) is 2. The van der Waals surface area contributed by atoms with E-state index < -0.39 is 10.0 Å². The van der Waals surface area contributed by atoms with E-state index in [4.69, 9.17) is 21.1 Å². The molecular formula is C22H23ClN2O5S. The normalized spacial score (nSPS) is 17.2. The Morgan fingerprint density at radius 3 is 2.61 bits per heavy atom. The maximum Gasteiger partial charge on any atom is 0.246 e. The number of benzene rings is 2. The van der Waals surface area contributed by atoms with Crippen LogP contribution in [0.2, 0.25) is 5.02 Å². The number of hydrogen-bond donors (Lipinski definition) is 0. The lowest BCUT2D eigenvalue weighted by molar-refractivity contribution is -0.125. The van der Waals surface area contributed by atoms with Crippen LogP contribution in [-0.4, -0.2) is 56.5 Å². The van der Waals surface area contributed by atoms with Gasteiger partial charge in [0.2, 0.25) is 22.7 Å². The Morgan fingerprint density at radius 2 is 1.84 bits per heavy atom. The van der Waals surface area contributed by atoms with Crippen LogP contribution >= 0.6 is 11.6 Å². The van der Waals surface area contributed by atoms with Crippen molar-refractivity contribution in [2.75, 3.05) is 33.0 Å². The summed E-state index contributed by atoms with van der Waals surface area (Å²) >= 11 is 6.18. The van der Waals surface area contributed by atoms with Gasteiger partial charge in [0.15, 0.2) is 11.5 Å². The molecule has 0 radical (unpaired) electrons. The van der Waals surface area contributed by atoms with Gasteiger partial charge < -0.3 is 14.4 Å². The standard InChI is InChI=1S/C22H23ClN2O5S/c1-16-3-6-18(7-4-16)31(27,28)25-10-2-9-24(11-12-25)21(26)8-5-17-13-19(23)22-20(14-17)29-15-30-22/h3-8,13-14H,2,9-12,15H2,1H3. The smallest absolute Gasteiger partial charge is 0.246 e. The quantitative estimate of drug-likeness (QED) is 0.651. The highest BCUT2D eigenvalue weighted by Gasteiger charge is 2.27. The third-order valence-corrected chi connectivity index (χ3v) is 7.49. The number of aryl methyl sites for hydroxylation is 1. The van der Waals surface area contributed by atoms with Crippen LogP contribution in [0.5, 0.6) is 11.5 Å². The Morgan fingerprint density at radius 1 is 1.06 bits per heavy atom. The van der Waals surface area contributed by atoms with Crippen LogP contribution in [0.25, 0.3) is 6.08 Å². The molecule has 2 aromatic carbocycles. The van der Waals surface area contributed by atoms with Gasteiger partial charge in [0, 0.05) is 32.3 Å². The van der Waals surface area contributed by atoms with Gasteiger partial charge in [-0.1, -0.05) is 29.3 Å². The van der Waals surface area contributed by atoms with Gasteiger partial charge in [0.05, 0.1) is 9.92 Å². The summed E-state index contributed by atoms with van der Waals surface area (Å²) in [7, 11) is -3.58. The summed E-state index contributed by atoms with van der Waals surface area (Å²) in [6.45, 7) is 3.49. The number of sulfonamides is 1. The summed E-state index contributed by atoms with van der Waals surface area (Å²) < 4.78 is 38.0. The molecule has 0 aliphatic carbocycles. The Bertz CT molecular complexity index is 1120. The van der Waals surface area contributed by atoms with Crippen molar-refractivity contribution >= 4 is 33.6 Å². The summed E-state index contributed by atoms with van der Waals surface area (Å²) in [6.07, 6.45) is 3.71. The van der Waals surface area contributed by atoms with Crippen LogP contribution < -0.4 is 9.47 Å². The number of ether oxygens (including phenoxy) is 2. The van der Waals surface area contributed by atoms with Crippen LogP contribution in [0.3, 0.4) is 0 Å². The monoisotopic (exact) mass is 462 g/mol. The summed E-state index contributed by atoms with van der Waals surface area (Å²) in [5.41, 5.74) is 1.73. The Labute approximate surface area is 186 Å². The molecule has 2 heterocycles. The zero-order valence-corrected chi connectivity index (χ0v) is 18.7. The first-order chi connectivity index (χ1) is 14.8. The highest BCUT2D eigenvalue weighted by Crippen LogP contribution is 2.40. The maximum absolute atomic E-state index is 12.9. The van der Waals surface area contributed by atoms with Crippen LogP contribution in [0.4, 0.5) is 0 Å². The van der Waals surface area contributed by atoms with Crippen LogP contribution in [0.15, 0.2) is 47.4 Å². The molecular weight excluding hydrogens is 440 g/mol. The highest BCUT2D eigenvalue weighted by molar-refractivity contribution is 7.89. The molecule has 31 heavy (non-hydrogen) atoms. The average Bonchev–Trinajstić information content (AvgIpc) is 3.08. The third-order valence-electron chi connectivity index (χ3n) is 5.29. The molecule has 0 saturated carbocycles. The molecule has 4 rings (SSSR count). The van der Waals surface area contributed by atoms with Gasteiger partial charge in [0.1, 0.15) is 0 Å². The summed E-state index contributed by atoms with van der Waals surface area (Å²) in [4.78, 5) is 14.6. The van der Waals surface area contributed by atoms with E-state index in [0.717, 1.165) is 11.1 Å². The first-order valence-corrected chi connectivity index (χ1v) is 11.8. The predicted octanol–water partition coefficient (Wildman–Crippen LogP) is 3.31. The summed E-state index contributed by atoms with van der Waals surface area (Å²) in [5, 5.41) is 0.425. The van der Waals surface area contributed by atoms with E-state index in [9.17, 15) is 13.2 Å². The van der Waals surface area contributed by atoms with Crippen molar-refractivity contribution in [2.45, 2.75) is 18.2 Å². The molecule has 1 saturated heterocycles. The second-order valence-electron chi connectivity index (χ2n) is 7.47. The lowest BCUT2D eigenvalue weighted by Gasteiger charge is -2.21. The highest BCUT2D eigenvalue weighted by atomic mass is 35.5. The molecule has 2 aliphatic heterocycles. The molecule has 2 aliphatic rings. The number of hydrogen-bond acceptors (Lipinski definition) is 5. The van der Waals surface area contributed by atoms with Crippen molar-refractivity contribution in [1.82, 2.24) is 9.21 Å². The summed E-state index contributed by atoms with van der Waals surface area (Å²) in [6, 6.07) is 10.3. The number of fused-ring (bicyclic) bond motifs is 1. The fraction of sp³-hybridized carbons (Fsp3) is 0.318. The van der Waals surface area contributed by atoms with E-state index in [1.165, 1.54) is 10.4 Å². The zero-order chi connectivity index (χ0) is 22.0. The largest absolute Gasteiger partial charge is 0.454 e. The molecule has 0 aromatic heterocycles. The first kappa shape index (κ1) is 21.7. The van der Waals surface area contributed by atoms with Gasteiger partial charge in [-0.3, -0.25) is 4.79 Å². The molecule has 0 unspecified atom stereocenters. The summed E-state index contributed by atoms with van der Waals surface area (Å²) in [5.74, 6) is 0.877. The van der Waals surface area contributed by atoms with E-state index in [1.54, 1.807) is 47.4 Å². The van der Waals surface area contributed by atoms with Gasteiger partial charge in [0.25, 0.3) is 0 Å². The molecule has 0 bridgehead atoms. The molecule has 7 nitrogen and oxygen atoms in total. The minimum atomic E-state index is -3.58. The maximum atomic E-state index is 12.9. The molecule has 164 valence electrons. The topological polar surface area (TPSA) is 76.2 Å². The van der Waals surface area contributed by atoms with E-state index in [1.807, 2.05) is 6.92 Å². The van der Waals surface area contributed by atoms with E-state index in [-0.39, 0.29) is 24.1 Å². The molecule has 1 amide bonds. The zero-order valence-electron chi connectivity index (χ0n) is 17.1. The SMILES string of the molecule is Cc1ccc(S(=O)(=O)N2CCCN(C(=O)C=Cc3cc(Cl)c4c(c3)OCO4)CC2)cc1. The third kappa shape index (κ3) is 4.71. The molecule has 0 N–H and O–H groups in total. The van der Waals surface area contributed by atoms with Crippen molar-refractivity contribution in [3.63, 3.8) is 0 Å². The number of carbonyl (C=O) groups excluding carboxylic acids is 1. The molecule has 1 fully saturated rings. The van der Waals surface area contributed by atoms with Crippen molar-refractivity contribution in [1.29, 1.82) is 0 Å². The van der Waals surface area contributed by atoms with E-state index in [2.05, 4.69) is 0 Å². The van der Waals surface area contributed by atoms with Crippen LogP contribution in [0, 0.1) is 6.92 Å². The number of carbonyl (C=O) groups is 1.